The molecule has 0 unspecified atom stereocenters. The maximum Gasteiger partial charge on any atom is 0.253 e. The molecule has 1 aromatic carbocycles. The van der Waals surface area contributed by atoms with Crippen LogP contribution in [0.1, 0.15) is 23.2 Å². The van der Waals surface area contributed by atoms with E-state index < -0.39 is 9.84 Å². The number of sulfone groups is 1. The molecule has 1 aromatic rings. The van der Waals surface area contributed by atoms with Crippen LogP contribution in [0.15, 0.2) is 29.2 Å². The second-order valence-corrected chi connectivity index (χ2v) is 6.94. The standard InChI is InChI=1S/C13H18N2O3S/c1-19(17,18)12-4-2-10(3-5-12)13(16)15-8-6-11(14)7-9-15/h2-5,11H,6-9,14H2,1H3. The summed E-state index contributed by atoms with van der Waals surface area (Å²) in [5.41, 5.74) is 6.32. The van der Waals surface area contributed by atoms with Gasteiger partial charge in [-0.25, -0.2) is 8.42 Å². The van der Waals surface area contributed by atoms with Crippen molar-refractivity contribution in [3.63, 3.8) is 0 Å². The van der Waals surface area contributed by atoms with Crippen molar-refractivity contribution in [2.45, 2.75) is 23.8 Å². The number of nitrogens with zero attached hydrogens (tertiary/aromatic N) is 1. The van der Waals surface area contributed by atoms with Crippen LogP contribution in [0.25, 0.3) is 0 Å². The average Bonchev–Trinajstić information content (AvgIpc) is 2.38. The molecule has 0 atom stereocenters. The third-order valence-corrected chi connectivity index (χ3v) is 4.48. The third-order valence-electron chi connectivity index (χ3n) is 3.36. The Hall–Kier alpha value is -1.40. The number of hydrogen-bond acceptors (Lipinski definition) is 4. The lowest BCUT2D eigenvalue weighted by atomic mass is 10.1. The SMILES string of the molecule is CS(=O)(=O)c1ccc(C(=O)N2CCC(N)CC2)cc1. The van der Waals surface area contributed by atoms with Crippen LogP contribution < -0.4 is 5.73 Å². The van der Waals surface area contributed by atoms with E-state index >= 15 is 0 Å². The molecule has 5 nitrogen and oxygen atoms in total. The lowest BCUT2D eigenvalue weighted by Gasteiger charge is -2.30. The van der Waals surface area contributed by atoms with Gasteiger partial charge in [0.25, 0.3) is 5.91 Å². The highest BCUT2D eigenvalue weighted by molar-refractivity contribution is 7.90. The van der Waals surface area contributed by atoms with E-state index in [1.807, 2.05) is 0 Å². The summed E-state index contributed by atoms with van der Waals surface area (Å²) < 4.78 is 22.7. The fourth-order valence-corrected chi connectivity index (χ4v) is 2.76. The lowest BCUT2D eigenvalue weighted by molar-refractivity contribution is 0.0714. The quantitative estimate of drug-likeness (QED) is 0.864. The summed E-state index contributed by atoms with van der Waals surface area (Å²) in [5, 5.41) is 0. The van der Waals surface area contributed by atoms with E-state index in [4.69, 9.17) is 5.73 Å². The first-order valence-corrected chi connectivity index (χ1v) is 8.12. The zero-order chi connectivity index (χ0) is 14.0. The molecule has 1 aliphatic heterocycles. The predicted octanol–water partition coefficient (Wildman–Crippen LogP) is 0.653. The number of benzene rings is 1. The third kappa shape index (κ3) is 3.33. The number of carbonyl (C=O) groups excluding carboxylic acids is 1. The van der Waals surface area contributed by atoms with Crippen LogP contribution in [0.4, 0.5) is 0 Å². The van der Waals surface area contributed by atoms with Gasteiger partial charge < -0.3 is 10.6 Å². The summed E-state index contributed by atoms with van der Waals surface area (Å²) in [6.45, 7) is 1.32. The smallest absolute Gasteiger partial charge is 0.253 e. The Morgan fingerprint density at radius 3 is 2.21 bits per heavy atom. The molecule has 2 rings (SSSR count). The van der Waals surface area contributed by atoms with Crippen molar-refractivity contribution in [1.29, 1.82) is 0 Å². The highest BCUT2D eigenvalue weighted by Crippen LogP contribution is 2.15. The van der Waals surface area contributed by atoms with Crippen molar-refractivity contribution in [3.8, 4) is 0 Å². The molecule has 1 aliphatic rings. The molecule has 2 N–H and O–H groups in total. The number of nitrogens with two attached hydrogens (primary N) is 1. The highest BCUT2D eigenvalue weighted by Gasteiger charge is 2.21. The first kappa shape index (κ1) is 14.0. The molecule has 1 amide bonds. The van der Waals surface area contributed by atoms with Gasteiger partial charge in [-0.15, -0.1) is 0 Å². The number of likely N-dealkylation sites (tertiary alicyclic amines) is 1. The van der Waals surface area contributed by atoms with Crippen LogP contribution in [0, 0.1) is 0 Å². The molecule has 104 valence electrons. The fourth-order valence-electron chi connectivity index (χ4n) is 2.13. The number of piperidine rings is 1. The van der Waals surface area contributed by atoms with E-state index in [0.717, 1.165) is 19.1 Å². The normalized spacial score (nSPS) is 17.5. The minimum Gasteiger partial charge on any atom is -0.339 e. The van der Waals surface area contributed by atoms with E-state index in [9.17, 15) is 13.2 Å². The van der Waals surface area contributed by atoms with Gasteiger partial charge in [-0.2, -0.15) is 0 Å². The molecule has 0 aromatic heterocycles. The van der Waals surface area contributed by atoms with Crippen LogP contribution in [-0.2, 0) is 9.84 Å². The van der Waals surface area contributed by atoms with Gasteiger partial charge in [0.05, 0.1) is 4.90 Å². The molecule has 0 aliphatic carbocycles. The van der Waals surface area contributed by atoms with Crippen LogP contribution in [0.2, 0.25) is 0 Å². The second kappa shape index (κ2) is 5.30. The summed E-state index contributed by atoms with van der Waals surface area (Å²) >= 11 is 0. The van der Waals surface area contributed by atoms with Gasteiger partial charge in [0, 0.05) is 31.0 Å². The minimum atomic E-state index is -3.22. The zero-order valence-corrected chi connectivity index (χ0v) is 11.7. The van der Waals surface area contributed by atoms with Crippen LogP contribution in [-0.4, -0.2) is 44.6 Å². The number of hydrogen-bond donors (Lipinski definition) is 1. The number of amides is 1. The van der Waals surface area contributed by atoms with Gasteiger partial charge in [0.15, 0.2) is 9.84 Å². The molecule has 1 fully saturated rings. The van der Waals surface area contributed by atoms with Crippen LogP contribution >= 0.6 is 0 Å². The Balaban J connectivity index is 2.12. The van der Waals surface area contributed by atoms with Crippen molar-refractivity contribution in [1.82, 2.24) is 4.90 Å². The van der Waals surface area contributed by atoms with Crippen molar-refractivity contribution in [3.05, 3.63) is 29.8 Å². The van der Waals surface area contributed by atoms with E-state index in [1.165, 1.54) is 12.1 Å². The van der Waals surface area contributed by atoms with Crippen molar-refractivity contribution in [2.24, 2.45) is 5.73 Å². The number of carbonyl (C=O) groups is 1. The molecule has 0 saturated carbocycles. The fraction of sp³-hybridized carbons (Fsp3) is 0.462. The van der Waals surface area contributed by atoms with Gasteiger partial charge in [-0.3, -0.25) is 4.79 Å². The molecule has 1 saturated heterocycles. The predicted molar refractivity (Wildman–Crippen MR) is 72.7 cm³/mol. The van der Waals surface area contributed by atoms with Crippen LogP contribution in [0.5, 0.6) is 0 Å². The zero-order valence-electron chi connectivity index (χ0n) is 10.9. The first-order chi connectivity index (χ1) is 8.88. The van der Waals surface area contributed by atoms with Crippen molar-refractivity contribution < 1.29 is 13.2 Å². The molecule has 0 radical (unpaired) electrons. The maximum absolute atomic E-state index is 12.2. The summed E-state index contributed by atoms with van der Waals surface area (Å²) in [4.78, 5) is 14.2. The van der Waals surface area contributed by atoms with Gasteiger partial charge in [0.1, 0.15) is 0 Å². The van der Waals surface area contributed by atoms with Gasteiger partial charge in [-0.1, -0.05) is 0 Å². The molecule has 19 heavy (non-hydrogen) atoms. The Morgan fingerprint density at radius 2 is 1.74 bits per heavy atom. The summed E-state index contributed by atoms with van der Waals surface area (Å²) in [7, 11) is -3.22. The first-order valence-electron chi connectivity index (χ1n) is 6.23. The highest BCUT2D eigenvalue weighted by atomic mass is 32.2. The Kier molecular flexibility index (Phi) is 3.91. The second-order valence-electron chi connectivity index (χ2n) is 4.93. The Bertz CT molecular complexity index is 558. The largest absolute Gasteiger partial charge is 0.339 e. The van der Waals surface area contributed by atoms with Gasteiger partial charge in [0.2, 0.25) is 0 Å². The summed E-state index contributed by atoms with van der Waals surface area (Å²) in [6.07, 6.45) is 2.77. The van der Waals surface area contributed by atoms with Crippen LogP contribution in [0.3, 0.4) is 0 Å². The Morgan fingerprint density at radius 1 is 1.21 bits per heavy atom. The molecule has 0 bridgehead atoms. The molecule has 6 heteroatoms. The average molecular weight is 282 g/mol. The topological polar surface area (TPSA) is 80.5 Å². The molecular formula is C13H18N2O3S. The Labute approximate surface area is 113 Å². The molecule has 1 heterocycles. The van der Waals surface area contributed by atoms with Gasteiger partial charge in [-0.05, 0) is 37.1 Å². The van der Waals surface area contributed by atoms with E-state index in [0.29, 0.717) is 18.7 Å². The monoisotopic (exact) mass is 282 g/mol. The van der Waals surface area contributed by atoms with Crippen molar-refractivity contribution >= 4 is 15.7 Å². The van der Waals surface area contributed by atoms with Crippen molar-refractivity contribution in [2.75, 3.05) is 19.3 Å². The van der Waals surface area contributed by atoms with E-state index in [2.05, 4.69) is 0 Å². The van der Waals surface area contributed by atoms with Gasteiger partial charge >= 0.3 is 0 Å². The molecule has 0 spiro atoms. The van der Waals surface area contributed by atoms with E-state index in [-0.39, 0.29) is 16.8 Å². The minimum absolute atomic E-state index is 0.0630. The summed E-state index contributed by atoms with van der Waals surface area (Å²) in [5.74, 6) is -0.0630. The molecular weight excluding hydrogens is 264 g/mol. The lowest BCUT2D eigenvalue weighted by Crippen LogP contribution is -2.42. The maximum atomic E-state index is 12.2. The summed E-state index contributed by atoms with van der Waals surface area (Å²) in [6, 6.07) is 6.24. The van der Waals surface area contributed by atoms with E-state index in [1.54, 1.807) is 17.0 Å². The number of rotatable bonds is 2.